The van der Waals surface area contributed by atoms with Gasteiger partial charge in [0.25, 0.3) is 0 Å². The van der Waals surface area contributed by atoms with E-state index in [4.69, 9.17) is 5.11 Å². The fourth-order valence-electron chi connectivity index (χ4n) is 1.58. The minimum atomic E-state index is -4.42. The van der Waals surface area contributed by atoms with Crippen molar-refractivity contribution in [3.63, 3.8) is 0 Å². The van der Waals surface area contributed by atoms with E-state index in [9.17, 15) is 22.8 Å². The van der Waals surface area contributed by atoms with Crippen LogP contribution in [0.15, 0.2) is 24.3 Å². The summed E-state index contributed by atoms with van der Waals surface area (Å²) < 4.78 is 40.8. The first kappa shape index (κ1) is 19.1. The molecule has 23 heavy (non-hydrogen) atoms. The molecule has 1 amide bonds. The highest BCUT2D eigenvalue weighted by Gasteiger charge is 2.28. The number of amides is 1. The van der Waals surface area contributed by atoms with Crippen molar-refractivity contribution in [3.05, 3.63) is 29.8 Å². The molecule has 128 valence electrons. The molecule has 0 aliphatic heterocycles. The van der Waals surface area contributed by atoms with Gasteiger partial charge < -0.3 is 15.2 Å². The summed E-state index contributed by atoms with van der Waals surface area (Å²) in [5, 5.41) is 11.1. The second-order valence-electron chi connectivity index (χ2n) is 4.52. The first-order valence-corrected chi connectivity index (χ1v) is 7.76. The van der Waals surface area contributed by atoms with Crippen LogP contribution in [0.4, 0.5) is 13.2 Å². The van der Waals surface area contributed by atoms with Gasteiger partial charge in [0.2, 0.25) is 5.91 Å². The van der Waals surface area contributed by atoms with Crippen molar-refractivity contribution in [2.75, 3.05) is 24.7 Å². The Bertz CT molecular complexity index is 537. The van der Waals surface area contributed by atoms with E-state index in [0.29, 0.717) is 17.9 Å². The summed E-state index contributed by atoms with van der Waals surface area (Å²) in [7, 11) is 0. The van der Waals surface area contributed by atoms with E-state index in [-0.39, 0.29) is 23.8 Å². The number of carbonyl (C=O) groups is 2. The highest BCUT2D eigenvalue weighted by atomic mass is 32.2. The van der Waals surface area contributed by atoms with Crippen molar-refractivity contribution in [1.29, 1.82) is 0 Å². The zero-order valence-electron chi connectivity index (χ0n) is 12.1. The molecule has 0 unspecified atom stereocenters. The molecule has 0 aliphatic rings. The predicted molar refractivity (Wildman–Crippen MR) is 79.7 cm³/mol. The molecule has 0 atom stereocenters. The van der Waals surface area contributed by atoms with Crippen molar-refractivity contribution in [3.8, 4) is 5.75 Å². The standard InChI is InChI=1S/C14H16F3NO4S/c15-14(16,17)9-22-11-3-1-2-10(6-11)7-12(19)18-4-5-23-8-13(20)21/h1-3,6H,4-5,7-9H2,(H,18,19)(H,20,21). The van der Waals surface area contributed by atoms with E-state index in [2.05, 4.69) is 10.1 Å². The second kappa shape index (κ2) is 9.29. The van der Waals surface area contributed by atoms with Gasteiger partial charge in [0.1, 0.15) is 5.75 Å². The highest BCUT2D eigenvalue weighted by Crippen LogP contribution is 2.19. The van der Waals surface area contributed by atoms with Crippen LogP contribution >= 0.6 is 11.8 Å². The summed E-state index contributed by atoms with van der Waals surface area (Å²) in [4.78, 5) is 22.0. The highest BCUT2D eigenvalue weighted by molar-refractivity contribution is 7.99. The van der Waals surface area contributed by atoms with Crippen molar-refractivity contribution < 1.29 is 32.6 Å². The molecule has 2 N–H and O–H groups in total. The van der Waals surface area contributed by atoms with Crippen molar-refractivity contribution >= 4 is 23.6 Å². The summed E-state index contributed by atoms with van der Waals surface area (Å²) in [6, 6.07) is 5.89. The topological polar surface area (TPSA) is 75.6 Å². The number of carbonyl (C=O) groups excluding carboxylic acids is 1. The Morgan fingerprint density at radius 1 is 1.30 bits per heavy atom. The number of carboxylic acids is 1. The summed E-state index contributed by atoms with van der Waals surface area (Å²) in [5.74, 6) is -0.739. The molecule has 0 saturated heterocycles. The van der Waals surface area contributed by atoms with Gasteiger partial charge in [-0.1, -0.05) is 12.1 Å². The number of rotatable bonds is 9. The first-order valence-electron chi connectivity index (χ1n) is 6.61. The third kappa shape index (κ3) is 9.67. The van der Waals surface area contributed by atoms with Crippen molar-refractivity contribution in [1.82, 2.24) is 5.32 Å². The molecule has 0 spiro atoms. The van der Waals surface area contributed by atoms with Gasteiger partial charge in [0, 0.05) is 12.3 Å². The van der Waals surface area contributed by atoms with Crippen LogP contribution in [0.1, 0.15) is 5.56 Å². The number of carboxylic acid groups (broad SMARTS) is 1. The molecular weight excluding hydrogens is 335 g/mol. The zero-order chi connectivity index (χ0) is 17.3. The molecular formula is C14H16F3NO4S. The van der Waals surface area contributed by atoms with Gasteiger partial charge in [-0.3, -0.25) is 9.59 Å². The number of nitrogens with one attached hydrogen (secondary N) is 1. The number of alkyl halides is 3. The van der Waals surface area contributed by atoms with Crippen molar-refractivity contribution in [2.45, 2.75) is 12.6 Å². The lowest BCUT2D eigenvalue weighted by molar-refractivity contribution is -0.153. The molecule has 9 heteroatoms. The molecule has 5 nitrogen and oxygen atoms in total. The van der Waals surface area contributed by atoms with Crippen LogP contribution in [0.3, 0.4) is 0 Å². The number of aliphatic carboxylic acids is 1. The smallest absolute Gasteiger partial charge is 0.422 e. The quantitative estimate of drug-likeness (QED) is 0.667. The maximum Gasteiger partial charge on any atom is 0.422 e. The predicted octanol–water partition coefficient (Wildman–Crippen LogP) is 2.10. The average molecular weight is 351 g/mol. The van der Waals surface area contributed by atoms with Gasteiger partial charge in [0.15, 0.2) is 6.61 Å². The normalized spacial score (nSPS) is 11.1. The number of ether oxygens (including phenoxy) is 1. The molecule has 1 aromatic carbocycles. The first-order chi connectivity index (χ1) is 10.8. The van der Waals surface area contributed by atoms with Gasteiger partial charge in [-0.2, -0.15) is 13.2 Å². The largest absolute Gasteiger partial charge is 0.484 e. The molecule has 0 fully saturated rings. The third-order valence-corrected chi connectivity index (χ3v) is 3.40. The van der Waals surface area contributed by atoms with Crippen LogP contribution in [0.2, 0.25) is 0 Å². The Balaban J connectivity index is 2.35. The number of hydrogen-bond donors (Lipinski definition) is 2. The molecule has 0 heterocycles. The SMILES string of the molecule is O=C(O)CSCCNC(=O)Cc1cccc(OCC(F)(F)F)c1. The van der Waals surface area contributed by atoms with E-state index in [1.165, 1.54) is 30.0 Å². The average Bonchev–Trinajstić information content (AvgIpc) is 2.44. The zero-order valence-corrected chi connectivity index (χ0v) is 12.9. The molecule has 0 aromatic heterocycles. The Labute approximate surface area is 135 Å². The van der Waals surface area contributed by atoms with E-state index in [1.54, 1.807) is 6.07 Å². The van der Waals surface area contributed by atoms with Gasteiger partial charge in [-0.25, -0.2) is 0 Å². The Morgan fingerprint density at radius 2 is 2.04 bits per heavy atom. The van der Waals surface area contributed by atoms with E-state index in [0.717, 1.165) is 0 Å². The molecule has 0 bridgehead atoms. The van der Waals surface area contributed by atoms with Crippen molar-refractivity contribution in [2.24, 2.45) is 0 Å². The van der Waals surface area contributed by atoms with E-state index >= 15 is 0 Å². The van der Waals surface area contributed by atoms with Crippen LogP contribution in [0.25, 0.3) is 0 Å². The molecule has 1 rings (SSSR count). The number of halogens is 3. The summed E-state index contributed by atoms with van der Waals surface area (Å²) >= 11 is 1.18. The van der Waals surface area contributed by atoms with Crippen LogP contribution in [0, 0.1) is 0 Å². The summed E-state index contributed by atoms with van der Waals surface area (Å²) in [6.45, 7) is -1.06. The fourth-order valence-corrected chi connectivity index (χ4v) is 2.15. The van der Waals surface area contributed by atoms with Gasteiger partial charge in [0.05, 0.1) is 12.2 Å². The number of thioether (sulfide) groups is 1. The molecule has 0 saturated carbocycles. The molecule has 0 radical (unpaired) electrons. The van der Waals surface area contributed by atoms with Crippen LogP contribution < -0.4 is 10.1 Å². The monoisotopic (exact) mass is 351 g/mol. The minimum Gasteiger partial charge on any atom is -0.484 e. The third-order valence-electron chi connectivity index (χ3n) is 2.46. The number of benzene rings is 1. The van der Waals surface area contributed by atoms with E-state index in [1.807, 2.05) is 0 Å². The van der Waals surface area contributed by atoms with Gasteiger partial charge >= 0.3 is 12.1 Å². The van der Waals surface area contributed by atoms with E-state index < -0.39 is 18.8 Å². The lowest BCUT2D eigenvalue weighted by Crippen LogP contribution is -2.27. The summed E-state index contributed by atoms with van der Waals surface area (Å²) in [6.07, 6.45) is -4.41. The van der Waals surface area contributed by atoms with Gasteiger partial charge in [-0.15, -0.1) is 11.8 Å². The minimum absolute atomic E-state index is 0.00676. The number of hydrogen-bond acceptors (Lipinski definition) is 4. The summed E-state index contributed by atoms with van der Waals surface area (Å²) in [5.41, 5.74) is 0.528. The molecule has 1 aromatic rings. The van der Waals surface area contributed by atoms with Crippen LogP contribution in [-0.4, -0.2) is 47.8 Å². The lowest BCUT2D eigenvalue weighted by atomic mass is 10.1. The maximum absolute atomic E-state index is 12.1. The maximum atomic E-state index is 12.1. The Hall–Kier alpha value is -1.90. The fraction of sp³-hybridized carbons (Fsp3) is 0.429. The second-order valence-corrected chi connectivity index (χ2v) is 5.63. The van der Waals surface area contributed by atoms with Crippen LogP contribution in [-0.2, 0) is 16.0 Å². The Kier molecular flexibility index (Phi) is 7.73. The van der Waals surface area contributed by atoms with Gasteiger partial charge in [-0.05, 0) is 17.7 Å². The Morgan fingerprint density at radius 3 is 2.70 bits per heavy atom. The molecule has 0 aliphatic carbocycles. The lowest BCUT2D eigenvalue weighted by Gasteiger charge is -2.10. The van der Waals surface area contributed by atoms with Crippen LogP contribution in [0.5, 0.6) is 5.75 Å².